The summed E-state index contributed by atoms with van der Waals surface area (Å²) >= 11 is 0.993. The van der Waals surface area contributed by atoms with Crippen LogP contribution in [0.15, 0.2) is 47.4 Å². The number of anilines is 2. The van der Waals surface area contributed by atoms with Crippen molar-refractivity contribution in [2.75, 3.05) is 50.6 Å². The maximum Gasteiger partial charge on any atom is 0.286 e. The van der Waals surface area contributed by atoms with Gasteiger partial charge in [-0.25, -0.2) is 0 Å². The lowest BCUT2D eigenvalue weighted by molar-refractivity contribution is -0.384. The zero-order chi connectivity index (χ0) is 21.7. The van der Waals surface area contributed by atoms with Gasteiger partial charge in [-0.1, -0.05) is 12.1 Å². The SMILES string of the molecule is CN(C)C(=O)Sc1ccccc1NC(=O)c1cc([N+](=O)[O-])ccc1N1CCOCC1. The first-order valence-electron chi connectivity index (χ1n) is 9.27. The smallest absolute Gasteiger partial charge is 0.286 e. The van der Waals surface area contributed by atoms with Gasteiger partial charge in [-0.2, -0.15) is 0 Å². The number of morpholine rings is 1. The Labute approximate surface area is 178 Å². The van der Waals surface area contributed by atoms with E-state index in [4.69, 9.17) is 4.74 Å². The quantitative estimate of drug-likeness (QED) is 0.440. The number of amides is 2. The number of ether oxygens (including phenoxy) is 1. The summed E-state index contributed by atoms with van der Waals surface area (Å²) in [4.78, 5) is 39.9. The largest absolute Gasteiger partial charge is 0.378 e. The minimum Gasteiger partial charge on any atom is -0.378 e. The predicted molar refractivity (Wildman–Crippen MR) is 115 cm³/mol. The molecule has 1 fully saturated rings. The number of hydrogen-bond acceptors (Lipinski definition) is 7. The van der Waals surface area contributed by atoms with Crippen molar-refractivity contribution < 1.29 is 19.2 Å². The molecule has 30 heavy (non-hydrogen) atoms. The first-order chi connectivity index (χ1) is 14.4. The molecule has 2 aromatic rings. The summed E-state index contributed by atoms with van der Waals surface area (Å²) in [7, 11) is 3.29. The molecule has 1 saturated heterocycles. The molecule has 9 nitrogen and oxygen atoms in total. The van der Waals surface area contributed by atoms with Gasteiger partial charge in [-0.05, 0) is 30.0 Å². The van der Waals surface area contributed by atoms with Gasteiger partial charge >= 0.3 is 0 Å². The number of rotatable bonds is 5. The third-order valence-electron chi connectivity index (χ3n) is 4.49. The fourth-order valence-corrected chi connectivity index (χ4v) is 3.68. The van der Waals surface area contributed by atoms with Crippen molar-refractivity contribution in [3.63, 3.8) is 0 Å². The molecular formula is C20H22N4O5S. The number of thioether (sulfide) groups is 1. The molecule has 1 aliphatic rings. The number of hydrogen-bond donors (Lipinski definition) is 1. The maximum absolute atomic E-state index is 13.1. The summed E-state index contributed by atoms with van der Waals surface area (Å²) < 4.78 is 5.36. The molecule has 0 aliphatic carbocycles. The van der Waals surface area contributed by atoms with Crippen molar-refractivity contribution in [3.8, 4) is 0 Å². The second kappa shape index (κ2) is 9.59. The van der Waals surface area contributed by atoms with Gasteiger partial charge in [0.1, 0.15) is 0 Å². The van der Waals surface area contributed by atoms with Crippen LogP contribution in [0.1, 0.15) is 10.4 Å². The van der Waals surface area contributed by atoms with Gasteiger partial charge in [0, 0.05) is 44.2 Å². The van der Waals surface area contributed by atoms with Crippen LogP contribution < -0.4 is 10.2 Å². The van der Waals surface area contributed by atoms with Gasteiger partial charge in [0.25, 0.3) is 16.8 Å². The number of carbonyl (C=O) groups excluding carboxylic acids is 2. The van der Waals surface area contributed by atoms with Crippen LogP contribution in [0.5, 0.6) is 0 Å². The fourth-order valence-electron chi connectivity index (χ4n) is 2.93. The molecule has 0 atom stereocenters. The molecule has 0 radical (unpaired) electrons. The minimum atomic E-state index is -0.528. The van der Waals surface area contributed by atoms with Crippen molar-refractivity contribution in [1.29, 1.82) is 0 Å². The molecule has 2 amide bonds. The normalized spacial score (nSPS) is 13.6. The highest BCUT2D eigenvalue weighted by atomic mass is 32.2. The molecule has 158 valence electrons. The van der Waals surface area contributed by atoms with Crippen molar-refractivity contribution in [3.05, 3.63) is 58.1 Å². The third kappa shape index (κ3) is 5.08. The Morgan fingerprint density at radius 1 is 1.17 bits per heavy atom. The molecule has 2 aromatic carbocycles. The maximum atomic E-state index is 13.1. The van der Waals surface area contributed by atoms with E-state index in [0.29, 0.717) is 42.6 Å². The average Bonchev–Trinajstić information content (AvgIpc) is 2.75. The molecule has 0 bridgehead atoms. The average molecular weight is 430 g/mol. The van der Waals surface area contributed by atoms with E-state index in [2.05, 4.69) is 5.32 Å². The molecular weight excluding hydrogens is 408 g/mol. The lowest BCUT2D eigenvalue weighted by Crippen LogP contribution is -2.37. The van der Waals surface area contributed by atoms with E-state index in [-0.39, 0.29) is 16.5 Å². The van der Waals surface area contributed by atoms with E-state index in [1.165, 1.54) is 17.0 Å². The number of para-hydroxylation sites is 1. The number of non-ortho nitro benzene ring substituents is 1. The summed E-state index contributed by atoms with van der Waals surface area (Å²) in [5.74, 6) is -0.481. The zero-order valence-electron chi connectivity index (χ0n) is 16.7. The van der Waals surface area contributed by atoms with E-state index >= 15 is 0 Å². The summed E-state index contributed by atoms with van der Waals surface area (Å²) in [6.07, 6.45) is 0. The third-order valence-corrected chi connectivity index (χ3v) is 5.60. The van der Waals surface area contributed by atoms with E-state index < -0.39 is 10.8 Å². The van der Waals surface area contributed by atoms with Crippen LogP contribution in [-0.4, -0.2) is 61.4 Å². The first kappa shape index (κ1) is 21.6. The Kier molecular flexibility index (Phi) is 6.91. The number of nitrogens with one attached hydrogen (secondary N) is 1. The summed E-state index contributed by atoms with van der Waals surface area (Å²) in [6, 6.07) is 11.2. The number of carbonyl (C=O) groups is 2. The minimum absolute atomic E-state index is 0.164. The van der Waals surface area contributed by atoms with E-state index in [1.54, 1.807) is 44.4 Å². The van der Waals surface area contributed by atoms with Gasteiger partial charge in [-0.15, -0.1) is 0 Å². The van der Waals surface area contributed by atoms with Crippen LogP contribution in [-0.2, 0) is 4.74 Å². The van der Waals surface area contributed by atoms with Crippen molar-refractivity contribution in [1.82, 2.24) is 4.90 Å². The van der Waals surface area contributed by atoms with Crippen LogP contribution in [0, 0.1) is 10.1 Å². The molecule has 3 rings (SSSR count). The highest BCUT2D eigenvalue weighted by Gasteiger charge is 2.23. The molecule has 0 aromatic heterocycles. The summed E-state index contributed by atoms with van der Waals surface area (Å²) in [5, 5.41) is 13.9. The zero-order valence-corrected chi connectivity index (χ0v) is 17.5. The molecule has 0 saturated carbocycles. The van der Waals surface area contributed by atoms with Gasteiger partial charge < -0.3 is 19.9 Å². The Morgan fingerprint density at radius 3 is 2.53 bits per heavy atom. The van der Waals surface area contributed by atoms with E-state index in [1.807, 2.05) is 4.90 Å². The van der Waals surface area contributed by atoms with Crippen molar-refractivity contribution in [2.24, 2.45) is 0 Å². The number of benzene rings is 2. The molecule has 0 unspecified atom stereocenters. The van der Waals surface area contributed by atoms with Gasteiger partial charge in [0.2, 0.25) is 0 Å². The van der Waals surface area contributed by atoms with Crippen LogP contribution >= 0.6 is 11.8 Å². The number of nitrogens with zero attached hydrogens (tertiary/aromatic N) is 3. The first-order valence-corrected chi connectivity index (χ1v) is 10.1. The molecule has 1 aliphatic heterocycles. The van der Waals surface area contributed by atoms with Crippen LogP contribution in [0.2, 0.25) is 0 Å². The monoisotopic (exact) mass is 430 g/mol. The fraction of sp³-hybridized carbons (Fsp3) is 0.300. The Morgan fingerprint density at radius 2 is 1.87 bits per heavy atom. The number of nitro groups is 1. The highest BCUT2D eigenvalue weighted by molar-refractivity contribution is 8.13. The lowest BCUT2D eigenvalue weighted by atomic mass is 10.1. The van der Waals surface area contributed by atoms with Gasteiger partial charge in [-0.3, -0.25) is 19.7 Å². The standard InChI is InChI=1S/C20H22N4O5S/c1-22(2)20(26)30-18-6-4-3-5-16(18)21-19(25)15-13-14(24(27)28)7-8-17(15)23-9-11-29-12-10-23/h3-8,13H,9-12H2,1-2H3,(H,21,25). The van der Waals surface area contributed by atoms with Crippen LogP contribution in [0.25, 0.3) is 0 Å². The Bertz CT molecular complexity index is 960. The second-order valence-electron chi connectivity index (χ2n) is 6.77. The molecule has 0 spiro atoms. The molecule has 10 heteroatoms. The predicted octanol–water partition coefficient (Wildman–Crippen LogP) is 3.46. The summed E-state index contributed by atoms with van der Waals surface area (Å²) in [5.41, 5.74) is 1.10. The van der Waals surface area contributed by atoms with E-state index in [9.17, 15) is 19.7 Å². The van der Waals surface area contributed by atoms with Crippen LogP contribution in [0.3, 0.4) is 0 Å². The van der Waals surface area contributed by atoms with Crippen molar-refractivity contribution >= 4 is 40.0 Å². The van der Waals surface area contributed by atoms with E-state index in [0.717, 1.165) is 11.8 Å². The number of nitro benzene ring substituents is 1. The topological polar surface area (TPSA) is 105 Å². The second-order valence-corrected chi connectivity index (χ2v) is 7.76. The highest BCUT2D eigenvalue weighted by Crippen LogP contribution is 2.31. The Hall–Kier alpha value is -3.11. The van der Waals surface area contributed by atoms with Gasteiger partial charge in [0.15, 0.2) is 0 Å². The van der Waals surface area contributed by atoms with Crippen molar-refractivity contribution in [2.45, 2.75) is 4.90 Å². The molecule has 1 heterocycles. The summed E-state index contributed by atoms with van der Waals surface area (Å²) in [6.45, 7) is 2.21. The van der Waals surface area contributed by atoms with Gasteiger partial charge in [0.05, 0.1) is 35.1 Å². The van der Waals surface area contributed by atoms with Crippen LogP contribution in [0.4, 0.5) is 21.9 Å². The lowest BCUT2D eigenvalue weighted by Gasteiger charge is -2.30. The Balaban J connectivity index is 1.92. The molecule has 1 N–H and O–H groups in total.